The van der Waals surface area contributed by atoms with Gasteiger partial charge in [-0.25, -0.2) is 0 Å². The highest BCUT2D eigenvalue weighted by atomic mass is 16.1. The van der Waals surface area contributed by atoms with Crippen LogP contribution in [0.25, 0.3) is 0 Å². The Balaban J connectivity index is 2.82. The highest BCUT2D eigenvalue weighted by molar-refractivity contribution is 6.22. The van der Waals surface area contributed by atoms with Gasteiger partial charge in [-0.05, 0) is 12.2 Å². The maximum absolute atomic E-state index is 10.4. The fourth-order valence-corrected chi connectivity index (χ4v) is 0.831. The molecular formula is C8H10N2O. The Morgan fingerprint density at radius 1 is 1.55 bits per heavy atom. The van der Waals surface area contributed by atoms with Crippen LogP contribution in [0.2, 0.25) is 0 Å². The van der Waals surface area contributed by atoms with Crippen LogP contribution in [0.5, 0.6) is 0 Å². The van der Waals surface area contributed by atoms with Crippen molar-refractivity contribution < 1.29 is 4.79 Å². The molecule has 0 radical (unpaired) electrons. The summed E-state index contributed by atoms with van der Waals surface area (Å²) in [5.74, 6) is 0. The Bertz CT molecular complexity index is 249. The molecule has 0 bridgehead atoms. The van der Waals surface area contributed by atoms with Crippen molar-refractivity contribution in [3.05, 3.63) is 23.8 Å². The molecule has 0 atom stereocenters. The van der Waals surface area contributed by atoms with Crippen molar-refractivity contribution in [1.29, 1.82) is 0 Å². The van der Waals surface area contributed by atoms with Gasteiger partial charge >= 0.3 is 0 Å². The van der Waals surface area contributed by atoms with Gasteiger partial charge in [0.15, 0.2) is 6.29 Å². The molecule has 0 aromatic carbocycles. The zero-order valence-electron chi connectivity index (χ0n) is 6.61. The fraction of sp³-hybridized carbons (Fsp3) is 0.250. The topological polar surface area (TPSA) is 32.7 Å². The average molecular weight is 150 g/mol. The Kier molecular flexibility index (Phi) is 2.21. The molecule has 0 aliphatic heterocycles. The van der Waals surface area contributed by atoms with Crippen molar-refractivity contribution in [1.82, 2.24) is 5.01 Å². The van der Waals surface area contributed by atoms with E-state index in [0.29, 0.717) is 5.57 Å². The van der Waals surface area contributed by atoms with E-state index in [1.54, 1.807) is 11.1 Å². The third-order valence-electron chi connectivity index (χ3n) is 1.26. The molecule has 11 heavy (non-hydrogen) atoms. The summed E-state index contributed by atoms with van der Waals surface area (Å²) in [6, 6.07) is 0. The molecule has 0 fully saturated rings. The van der Waals surface area contributed by atoms with Crippen LogP contribution in [-0.2, 0) is 4.79 Å². The quantitative estimate of drug-likeness (QED) is 0.426. The minimum absolute atomic E-state index is 0.638. The zero-order chi connectivity index (χ0) is 8.27. The molecule has 0 saturated heterocycles. The minimum Gasteiger partial charge on any atom is -0.303 e. The van der Waals surface area contributed by atoms with Crippen LogP contribution in [-0.4, -0.2) is 31.1 Å². The fourth-order valence-electron chi connectivity index (χ4n) is 0.831. The monoisotopic (exact) mass is 150 g/mol. The first kappa shape index (κ1) is 7.72. The summed E-state index contributed by atoms with van der Waals surface area (Å²) in [6.07, 6.45) is 6.17. The molecule has 0 N–H and O–H groups in total. The van der Waals surface area contributed by atoms with Gasteiger partial charge in [0.2, 0.25) is 0 Å². The molecule has 0 heterocycles. The van der Waals surface area contributed by atoms with Gasteiger partial charge in [-0.3, -0.25) is 4.79 Å². The van der Waals surface area contributed by atoms with Crippen LogP contribution in [0.3, 0.4) is 0 Å². The van der Waals surface area contributed by atoms with Crippen molar-refractivity contribution >= 4 is 12.0 Å². The maximum Gasteiger partial charge on any atom is 0.152 e. The number of aldehydes is 1. The lowest BCUT2D eigenvalue weighted by Crippen LogP contribution is -2.08. The number of rotatable bonds is 2. The summed E-state index contributed by atoms with van der Waals surface area (Å²) in [5.41, 5.74) is 1.36. The minimum atomic E-state index is 0.638. The van der Waals surface area contributed by atoms with Crippen LogP contribution in [0, 0.1) is 0 Å². The third kappa shape index (κ3) is 1.77. The van der Waals surface area contributed by atoms with E-state index in [0.717, 1.165) is 12.0 Å². The SMILES string of the molecule is CN(C)N=C1C=CC=C1C=O. The predicted molar refractivity (Wildman–Crippen MR) is 44.4 cm³/mol. The van der Waals surface area contributed by atoms with E-state index in [1.807, 2.05) is 26.2 Å². The average Bonchev–Trinajstić information content (AvgIpc) is 2.34. The Labute approximate surface area is 65.7 Å². The maximum atomic E-state index is 10.4. The lowest BCUT2D eigenvalue weighted by Gasteiger charge is -2.04. The van der Waals surface area contributed by atoms with Crippen molar-refractivity contribution in [3.63, 3.8) is 0 Å². The number of allylic oxidation sites excluding steroid dienone is 4. The number of hydrogen-bond acceptors (Lipinski definition) is 3. The first-order valence-electron chi connectivity index (χ1n) is 3.34. The van der Waals surface area contributed by atoms with Crippen molar-refractivity contribution in [2.75, 3.05) is 14.1 Å². The molecule has 0 aromatic heterocycles. The van der Waals surface area contributed by atoms with Gasteiger partial charge in [-0.15, -0.1) is 0 Å². The van der Waals surface area contributed by atoms with Crippen LogP contribution < -0.4 is 0 Å². The lowest BCUT2D eigenvalue weighted by molar-refractivity contribution is -0.104. The molecule has 58 valence electrons. The molecule has 1 aliphatic rings. The van der Waals surface area contributed by atoms with Gasteiger partial charge in [0.05, 0.1) is 5.71 Å². The number of carbonyl (C=O) groups is 1. The van der Waals surface area contributed by atoms with Crippen molar-refractivity contribution in [2.24, 2.45) is 5.10 Å². The van der Waals surface area contributed by atoms with Crippen molar-refractivity contribution in [2.45, 2.75) is 0 Å². The summed E-state index contributed by atoms with van der Waals surface area (Å²) in [5, 5.41) is 5.76. The molecule has 3 nitrogen and oxygen atoms in total. The molecule has 1 aliphatic carbocycles. The zero-order valence-corrected chi connectivity index (χ0v) is 6.61. The molecular weight excluding hydrogens is 140 g/mol. The van der Waals surface area contributed by atoms with Crippen LogP contribution in [0.15, 0.2) is 28.9 Å². The summed E-state index contributed by atoms with van der Waals surface area (Å²) >= 11 is 0. The molecule has 1 rings (SSSR count). The van der Waals surface area contributed by atoms with Gasteiger partial charge in [0, 0.05) is 19.7 Å². The second-order valence-corrected chi connectivity index (χ2v) is 2.43. The smallest absolute Gasteiger partial charge is 0.152 e. The summed E-state index contributed by atoms with van der Waals surface area (Å²) in [4.78, 5) is 10.4. The summed E-state index contributed by atoms with van der Waals surface area (Å²) < 4.78 is 0. The van der Waals surface area contributed by atoms with E-state index < -0.39 is 0 Å². The number of hydrogen-bond donors (Lipinski definition) is 0. The molecule has 3 heteroatoms. The third-order valence-corrected chi connectivity index (χ3v) is 1.26. The van der Waals surface area contributed by atoms with E-state index in [-0.39, 0.29) is 0 Å². The van der Waals surface area contributed by atoms with E-state index in [9.17, 15) is 4.79 Å². The van der Waals surface area contributed by atoms with Crippen LogP contribution in [0.4, 0.5) is 0 Å². The van der Waals surface area contributed by atoms with Gasteiger partial charge in [-0.1, -0.05) is 6.08 Å². The standard InChI is InChI=1S/C8H10N2O/c1-10(2)9-8-5-3-4-7(8)6-11/h3-6H,1-2H3. The first-order valence-corrected chi connectivity index (χ1v) is 3.34. The largest absolute Gasteiger partial charge is 0.303 e. The second kappa shape index (κ2) is 3.14. The predicted octanol–water partition coefficient (Wildman–Crippen LogP) is 0.599. The van der Waals surface area contributed by atoms with Gasteiger partial charge in [0.1, 0.15) is 0 Å². The molecule has 0 unspecified atom stereocenters. The second-order valence-electron chi connectivity index (χ2n) is 2.43. The Hall–Kier alpha value is -1.38. The van der Waals surface area contributed by atoms with Gasteiger partial charge in [-0.2, -0.15) is 5.10 Å². The lowest BCUT2D eigenvalue weighted by atomic mass is 10.2. The molecule has 0 amide bonds. The number of hydrazone groups is 1. The van der Waals surface area contributed by atoms with E-state index in [2.05, 4.69) is 5.10 Å². The highest BCUT2D eigenvalue weighted by Gasteiger charge is 2.06. The Morgan fingerprint density at radius 3 is 2.82 bits per heavy atom. The molecule has 0 saturated carbocycles. The first-order chi connectivity index (χ1) is 5.24. The van der Waals surface area contributed by atoms with Gasteiger partial charge < -0.3 is 5.01 Å². The number of carbonyl (C=O) groups excluding carboxylic acids is 1. The number of nitrogens with zero attached hydrogens (tertiary/aromatic N) is 2. The van der Waals surface area contributed by atoms with E-state index in [1.165, 1.54) is 0 Å². The normalized spacial score (nSPS) is 18.7. The van der Waals surface area contributed by atoms with Crippen LogP contribution in [0.1, 0.15) is 0 Å². The van der Waals surface area contributed by atoms with E-state index in [4.69, 9.17) is 0 Å². The Morgan fingerprint density at radius 2 is 2.27 bits per heavy atom. The van der Waals surface area contributed by atoms with Gasteiger partial charge in [0.25, 0.3) is 0 Å². The van der Waals surface area contributed by atoms with E-state index >= 15 is 0 Å². The molecule has 0 spiro atoms. The highest BCUT2D eigenvalue weighted by Crippen LogP contribution is 2.05. The summed E-state index contributed by atoms with van der Waals surface area (Å²) in [6.45, 7) is 0. The summed E-state index contributed by atoms with van der Waals surface area (Å²) in [7, 11) is 3.64. The van der Waals surface area contributed by atoms with Crippen molar-refractivity contribution in [3.8, 4) is 0 Å². The van der Waals surface area contributed by atoms with Crippen LogP contribution >= 0.6 is 0 Å². The molecule has 0 aromatic rings.